The summed E-state index contributed by atoms with van der Waals surface area (Å²) in [7, 11) is 1.66. The summed E-state index contributed by atoms with van der Waals surface area (Å²) in [6, 6.07) is 10.4. The van der Waals surface area contributed by atoms with Crippen molar-refractivity contribution in [2.45, 2.75) is 25.6 Å². The normalized spacial score (nSPS) is 24.9. The van der Waals surface area contributed by atoms with Crippen molar-refractivity contribution in [3.63, 3.8) is 0 Å². The molecule has 1 aliphatic heterocycles. The lowest BCUT2D eigenvalue weighted by molar-refractivity contribution is 0.0215. The summed E-state index contributed by atoms with van der Waals surface area (Å²) in [4.78, 5) is 2.26. The van der Waals surface area contributed by atoms with Gasteiger partial charge in [0.1, 0.15) is 0 Å². The topological polar surface area (TPSA) is 32.7 Å². The minimum absolute atomic E-state index is 0.0568. The van der Waals surface area contributed by atoms with Crippen LogP contribution in [0.4, 0.5) is 0 Å². The van der Waals surface area contributed by atoms with E-state index in [0.29, 0.717) is 6.54 Å². The van der Waals surface area contributed by atoms with Crippen LogP contribution in [0.3, 0.4) is 0 Å². The molecule has 0 spiro atoms. The number of hydrogen-bond donors (Lipinski definition) is 1. The van der Waals surface area contributed by atoms with Crippen molar-refractivity contribution in [3.8, 4) is 0 Å². The van der Waals surface area contributed by atoms with E-state index < -0.39 is 0 Å². The maximum atomic E-state index is 9.89. The summed E-state index contributed by atoms with van der Waals surface area (Å²) in [5.74, 6) is 0. The molecule has 3 heteroatoms. The van der Waals surface area contributed by atoms with E-state index >= 15 is 0 Å². The molecule has 1 aliphatic rings. The van der Waals surface area contributed by atoms with E-state index in [4.69, 9.17) is 4.74 Å². The minimum atomic E-state index is -0.372. The van der Waals surface area contributed by atoms with Gasteiger partial charge < -0.3 is 9.84 Å². The van der Waals surface area contributed by atoms with Crippen LogP contribution in [0, 0.1) is 0 Å². The van der Waals surface area contributed by atoms with Gasteiger partial charge in [0.2, 0.25) is 0 Å². The number of allylic oxidation sites excluding steroid dienone is 1. The van der Waals surface area contributed by atoms with E-state index in [1.54, 1.807) is 7.11 Å². The molecule has 0 aromatic heterocycles. The van der Waals surface area contributed by atoms with Gasteiger partial charge in [-0.25, -0.2) is 0 Å². The second-order valence-corrected chi connectivity index (χ2v) is 5.04. The lowest BCUT2D eigenvalue weighted by Gasteiger charge is -2.18. The molecule has 0 aliphatic carbocycles. The summed E-state index contributed by atoms with van der Waals surface area (Å²) in [5.41, 5.74) is 2.59. The number of ether oxygens (including phenoxy) is 1. The van der Waals surface area contributed by atoms with Gasteiger partial charge in [-0.15, -0.1) is 0 Å². The van der Waals surface area contributed by atoms with Crippen LogP contribution in [0.2, 0.25) is 0 Å². The first kappa shape index (κ1) is 14.3. The molecule has 2 atom stereocenters. The molecule has 1 saturated heterocycles. The van der Waals surface area contributed by atoms with Crippen LogP contribution in [0.15, 0.2) is 36.4 Å². The molecule has 104 valence electrons. The number of β-amino-alcohol motifs (C(OH)–C–C–N with tert-alkyl or cyclic N) is 1. The highest BCUT2D eigenvalue weighted by molar-refractivity contribution is 5.66. The molecule has 0 saturated carbocycles. The summed E-state index contributed by atoms with van der Waals surface area (Å²) in [6.45, 7) is 4.51. The maximum absolute atomic E-state index is 9.89. The van der Waals surface area contributed by atoms with E-state index in [1.165, 1.54) is 11.1 Å². The van der Waals surface area contributed by atoms with Gasteiger partial charge in [0, 0.05) is 26.7 Å². The van der Waals surface area contributed by atoms with Crippen LogP contribution in [-0.2, 0) is 4.74 Å². The quantitative estimate of drug-likeness (QED) is 0.881. The first-order valence-electron chi connectivity index (χ1n) is 6.92. The van der Waals surface area contributed by atoms with E-state index in [9.17, 15) is 5.11 Å². The Bertz CT molecular complexity index is 416. The van der Waals surface area contributed by atoms with Gasteiger partial charge in [-0.05, 0) is 17.6 Å². The molecule has 2 rings (SSSR count). The van der Waals surface area contributed by atoms with Crippen LogP contribution < -0.4 is 0 Å². The summed E-state index contributed by atoms with van der Waals surface area (Å²) in [5, 5.41) is 9.89. The molecule has 1 fully saturated rings. The molecule has 19 heavy (non-hydrogen) atoms. The Hall–Kier alpha value is -1.16. The van der Waals surface area contributed by atoms with Crippen molar-refractivity contribution in [3.05, 3.63) is 42.0 Å². The Morgan fingerprint density at radius 2 is 2.11 bits per heavy atom. The summed E-state index contributed by atoms with van der Waals surface area (Å²) in [6.07, 6.45) is 2.86. The van der Waals surface area contributed by atoms with E-state index in [2.05, 4.69) is 42.2 Å². The lowest BCUT2D eigenvalue weighted by Crippen LogP contribution is -2.25. The smallest absolute Gasteiger partial charge is 0.0969 e. The van der Waals surface area contributed by atoms with Crippen LogP contribution in [-0.4, -0.2) is 49.0 Å². The van der Waals surface area contributed by atoms with E-state index in [1.807, 2.05) is 6.07 Å². The highest BCUT2D eigenvalue weighted by Crippen LogP contribution is 2.20. The number of rotatable bonds is 5. The SMILES string of the molecule is CCC=C(CN1C[C@H](OC)[C@@H](O)C1)c1ccccc1. The zero-order valence-electron chi connectivity index (χ0n) is 11.7. The van der Waals surface area contributed by atoms with Gasteiger partial charge >= 0.3 is 0 Å². The average Bonchev–Trinajstić information content (AvgIpc) is 2.79. The Morgan fingerprint density at radius 3 is 2.68 bits per heavy atom. The van der Waals surface area contributed by atoms with Crippen molar-refractivity contribution in [1.29, 1.82) is 0 Å². The zero-order chi connectivity index (χ0) is 13.7. The number of likely N-dealkylation sites (tertiary alicyclic amines) is 1. The van der Waals surface area contributed by atoms with Gasteiger partial charge in [0.05, 0.1) is 12.2 Å². The summed E-state index contributed by atoms with van der Waals surface area (Å²) < 4.78 is 5.29. The second kappa shape index (κ2) is 6.85. The van der Waals surface area contributed by atoms with Crippen molar-refractivity contribution in [2.24, 2.45) is 0 Å². The first-order chi connectivity index (χ1) is 9.24. The van der Waals surface area contributed by atoms with Crippen LogP contribution in [0.25, 0.3) is 5.57 Å². The molecule has 1 N–H and O–H groups in total. The lowest BCUT2D eigenvalue weighted by atomic mass is 10.0. The first-order valence-corrected chi connectivity index (χ1v) is 6.92. The largest absolute Gasteiger partial charge is 0.389 e. The van der Waals surface area contributed by atoms with Gasteiger partial charge in [-0.3, -0.25) is 4.90 Å². The fraction of sp³-hybridized carbons (Fsp3) is 0.500. The molecule has 1 aromatic rings. The van der Waals surface area contributed by atoms with Gasteiger partial charge in [0.15, 0.2) is 0 Å². The van der Waals surface area contributed by atoms with Crippen LogP contribution in [0.5, 0.6) is 0 Å². The number of methoxy groups -OCH3 is 1. The van der Waals surface area contributed by atoms with Crippen LogP contribution in [0.1, 0.15) is 18.9 Å². The average molecular weight is 261 g/mol. The number of aliphatic hydroxyl groups excluding tert-OH is 1. The molecule has 1 aromatic carbocycles. The third kappa shape index (κ3) is 3.66. The van der Waals surface area contributed by atoms with Gasteiger partial charge in [-0.1, -0.05) is 43.3 Å². The highest BCUT2D eigenvalue weighted by atomic mass is 16.5. The molecule has 0 unspecified atom stereocenters. The predicted octanol–water partition coefficient (Wildman–Crippen LogP) is 2.17. The van der Waals surface area contributed by atoms with Gasteiger partial charge in [-0.2, -0.15) is 0 Å². The standard InChI is InChI=1S/C16H23NO2/c1-3-7-14(13-8-5-4-6-9-13)10-17-11-15(18)16(12-17)19-2/h4-9,15-16,18H,3,10-12H2,1-2H3/t15-,16-/m0/s1. The van der Waals surface area contributed by atoms with E-state index in [0.717, 1.165) is 19.5 Å². The third-order valence-electron chi connectivity index (χ3n) is 3.60. The Labute approximate surface area is 115 Å². The van der Waals surface area contributed by atoms with Crippen molar-refractivity contribution >= 4 is 5.57 Å². The number of benzene rings is 1. The summed E-state index contributed by atoms with van der Waals surface area (Å²) >= 11 is 0. The third-order valence-corrected chi connectivity index (χ3v) is 3.60. The molecular weight excluding hydrogens is 238 g/mol. The molecule has 1 heterocycles. The fourth-order valence-electron chi connectivity index (χ4n) is 2.61. The number of hydrogen-bond acceptors (Lipinski definition) is 3. The molecular formula is C16H23NO2. The number of aliphatic hydroxyl groups is 1. The molecule has 0 amide bonds. The molecule has 0 bridgehead atoms. The monoisotopic (exact) mass is 261 g/mol. The van der Waals surface area contributed by atoms with Crippen LogP contribution >= 0.6 is 0 Å². The Morgan fingerprint density at radius 1 is 1.37 bits per heavy atom. The zero-order valence-corrected chi connectivity index (χ0v) is 11.7. The Balaban J connectivity index is 2.05. The van der Waals surface area contributed by atoms with Crippen molar-refractivity contribution in [1.82, 2.24) is 4.90 Å². The second-order valence-electron chi connectivity index (χ2n) is 5.04. The van der Waals surface area contributed by atoms with Gasteiger partial charge in [0.25, 0.3) is 0 Å². The maximum Gasteiger partial charge on any atom is 0.0969 e. The van der Waals surface area contributed by atoms with Crippen molar-refractivity contribution < 1.29 is 9.84 Å². The minimum Gasteiger partial charge on any atom is -0.389 e. The molecule has 3 nitrogen and oxygen atoms in total. The Kier molecular flexibility index (Phi) is 5.14. The highest BCUT2D eigenvalue weighted by Gasteiger charge is 2.31. The molecule has 0 radical (unpaired) electrons. The van der Waals surface area contributed by atoms with Crippen molar-refractivity contribution in [2.75, 3.05) is 26.7 Å². The predicted molar refractivity (Wildman–Crippen MR) is 78.0 cm³/mol. The number of nitrogens with zero attached hydrogens (tertiary/aromatic N) is 1. The van der Waals surface area contributed by atoms with E-state index in [-0.39, 0.29) is 12.2 Å². The fourth-order valence-corrected chi connectivity index (χ4v) is 2.61.